The first-order valence-electron chi connectivity index (χ1n) is 13.9. The summed E-state index contributed by atoms with van der Waals surface area (Å²) in [6.07, 6.45) is 11.5. The molecule has 5 rings (SSSR count). The van der Waals surface area contributed by atoms with E-state index >= 15 is 0 Å². The molecule has 0 aromatic carbocycles. The first-order chi connectivity index (χ1) is 16.1. The molecule has 0 amide bonds. The van der Waals surface area contributed by atoms with Crippen molar-refractivity contribution in [3.8, 4) is 0 Å². The van der Waals surface area contributed by atoms with Gasteiger partial charge in [0.25, 0.3) is 0 Å². The normalized spacial score (nSPS) is 50.5. The van der Waals surface area contributed by atoms with Crippen LogP contribution in [0.2, 0.25) is 0 Å². The zero-order valence-corrected chi connectivity index (χ0v) is 23.2. The Hall–Kier alpha value is -1.42. The number of ether oxygens (including phenoxy) is 1. The number of fused-ring (bicyclic) bond motifs is 7. The fourth-order valence-electron chi connectivity index (χ4n) is 9.98. The molecule has 0 heterocycles. The average molecular weight is 483 g/mol. The lowest BCUT2D eigenvalue weighted by atomic mass is 9.34. The minimum atomic E-state index is -0.642. The monoisotopic (exact) mass is 482 g/mol. The Kier molecular flexibility index (Phi) is 5.29. The molecule has 5 aliphatic rings. The van der Waals surface area contributed by atoms with Crippen molar-refractivity contribution in [3.63, 3.8) is 0 Å². The molecule has 35 heavy (non-hydrogen) atoms. The summed E-state index contributed by atoms with van der Waals surface area (Å²) in [5, 5.41) is 10.9. The van der Waals surface area contributed by atoms with Crippen LogP contribution >= 0.6 is 0 Å². The van der Waals surface area contributed by atoms with Crippen molar-refractivity contribution in [1.29, 1.82) is 0 Å². The molecule has 0 aliphatic heterocycles. The van der Waals surface area contributed by atoms with E-state index in [4.69, 9.17) is 4.74 Å². The third-order valence-corrected chi connectivity index (χ3v) is 12.6. The topological polar surface area (TPSA) is 63.6 Å². The lowest BCUT2D eigenvalue weighted by molar-refractivity contribution is -0.197. The van der Waals surface area contributed by atoms with Gasteiger partial charge in [-0.25, -0.2) is 0 Å². The lowest BCUT2D eigenvalue weighted by Crippen LogP contribution is -2.65. The molecular formula is C31H46O4. The van der Waals surface area contributed by atoms with Gasteiger partial charge in [0.05, 0.1) is 18.6 Å². The maximum atomic E-state index is 14.3. The molecule has 0 aromatic heterocycles. The summed E-state index contributed by atoms with van der Waals surface area (Å²) in [5.41, 5.74) is 1.24. The predicted molar refractivity (Wildman–Crippen MR) is 137 cm³/mol. The van der Waals surface area contributed by atoms with Crippen LogP contribution in [0.4, 0.5) is 0 Å². The Bertz CT molecular complexity index is 1040. The number of hydrogen-bond donors (Lipinski definition) is 1. The molecule has 0 spiro atoms. The highest BCUT2D eigenvalue weighted by Gasteiger charge is 2.69. The van der Waals surface area contributed by atoms with Crippen molar-refractivity contribution in [3.05, 3.63) is 23.3 Å². The molecule has 3 saturated carbocycles. The van der Waals surface area contributed by atoms with Gasteiger partial charge >= 0.3 is 5.97 Å². The molecule has 5 aliphatic carbocycles. The Morgan fingerprint density at radius 3 is 2.23 bits per heavy atom. The molecule has 0 saturated heterocycles. The molecule has 0 aromatic rings. The van der Waals surface area contributed by atoms with E-state index in [2.05, 4.69) is 47.6 Å². The average Bonchev–Trinajstić information content (AvgIpc) is 2.78. The molecule has 1 N–H and O–H groups in total. The quantitative estimate of drug-likeness (QED) is 0.438. The molecule has 3 fully saturated rings. The van der Waals surface area contributed by atoms with Gasteiger partial charge in [-0.3, -0.25) is 9.59 Å². The van der Waals surface area contributed by atoms with Gasteiger partial charge in [0, 0.05) is 5.92 Å². The van der Waals surface area contributed by atoms with Crippen LogP contribution in [0.15, 0.2) is 23.3 Å². The molecule has 8 atom stereocenters. The highest BCUT2D eigenvalue weighted by molar-refractivity contribution is 5.96. The second kappa shape index (κ2) is 7.33. The van der Waals surface area contributed by atoms with Crippen LogP contribution in [0.3, 0.4) is 0 Å². The maximum absolute atomic E-state index is 14.3. The van der Waals surface area contributed by atoms with E-state index in [1.54, 1.807) is 0 Å². The number of carbonyl (C=O) groups is 2. The highest BCUT2D eigenvalue weighted by Crippen LogP contribution is 2.74. The van der Waals surface area contributed by atoms with Crippen molar-refractivity contribution < 1.29 is 19.4 Å². The number of methoxy groups -OCH3 is 1. The fourth-order valence-corrected chi connectivity index (χ4v) is 9.98. The Morgan fingerprint density at radius 2 is 1.57 bits per heavy atom. The van der Waals surface area contributed by atoms with Gasteiger partial charge in [0.2, 0.25) is 0 Å². The second-order valence-electron chi connectivity index (χ2n) is 14.6. The number of aliphatic hydroxyl groups is 1. The Balaban J connectivity index is 1.67. The Labute approximate surface area is 212 Å². The van der Waals surface area contributed by atoms with Crippen LogP contribution in [0, 0.1) is 44.3 Å². The molecule has 194 valence electrons. The van der Waals surface area contributed by atoms with E-state index in [0.29, 0.717) is 5.92 Å². The van der Waals surface area contributed by atoms with E-state index in [-0.39, 0.29) is 50.8 Å². The summed E-state index contributed by atoms with van der Waals surface area (Å²) < 4.78 is 5.20. The van der Waals surface area contributed by atoms with Crippen LogP contribution < -0.4 is 0 Å². The van der Waals surface area contributed by atoms with Crippen molar-refractivity contribution in [1.82, 2.24) is 0 Å². The minimum absolute atomic E-state index is 0.000392. The number of carbonyl (C=O) groups excluding carboxylic acids is 2. The fraction of sp³-hybridized carbons (Fsp3) is 0.806. The lowest BCUT2D eigenvalue weighted by Gasteiger charge is -2.69. The Morgan fingerprint density at radius 1 is 0.914 bits per heavy atom. The standard InChI is InChI=1S/C31H46O4/c1-26(2)22-9-12-31(7)24(29(22,5)11-10-23(26)33)21(32)17-19-20-18-28(4,25(34)35-8)14-13-27(20,3)15-16-30(19,31)6/h17-18,22-24,33H,9-16H2,1-8H3/t22-,23-,24+,27+,28-,29-,30+,31+/m0/s1. The summed E-state index contributed by atoms with van der Waals surface area (Å²) in [7, 11) is 1.47. The van der Waals surface area contributed by atoms with Crippen molar-refractivity contribution in [2.75, 3.05) is 7.11 Å². The first-order valence-corrected chi connectivity index (χ1v) is 13.9. The number of esters is 1. The summed E-state index contributed by atoms with van der Waals surface area (Å²) in [5.74, 6) is 0.400. The van der Waals surface area contributed by atoms with Gasteiger partial charge in [-0.15, -0.1) is 0 Å². The van der Waals surface area contributed by atoms with Crippen LogP contribution in [0.5, 0.6) is 0 Å². The minimum Gasteiger partial charge on any atom is -0.468 e. The van der Waals surface area contributed by atoms with Crippen molar-refractivity contribution in [2.45, 2.75) is 106 Å². The predicted octanol–water partition coefficient (Wildman–Crippen LogP) is 6.42. The van der Waals surface area contributed by atoms with Crippen LogP contribution in [-0.2, 0) is 14.3 Å². The van der Waals surface area contributed by atoms with Gasteiger partial charge < -0.3 is 9.84 Å². The SMILES string of the molecule is COC(=O)[C@]1(C)C=C2C3=CC(=O)[C@@H]4[C@@]5(C)CC[C@H](O)C(C)(C)[C@@H]5CC[C@@]4(C)[C@]3(C)CC[C@@]2(C)CC1. The van der Waals surface area contributed by atoms with Gasteiger partial charge in [-0.05, 0) is 109 Å². The van der Waals surface area contributed by atoms with E-state index in [1.165, 1.54) is 18.3 Å². The zero-order chi connectivity index (χ0) is 25.8. The largest absolute Gasteiger partial charge is 0.468 e. The summed E-state index contributed by atoms with van der Waals surface area (Å²) in [6, 6.07) is 0. The molecule has 0 radical (unpaired) electrons. The third-order valence-electron chi connectivity index (χ3n) is 12.6. The second-order valence-corrected chi connectivity index (χ2v) is 14.6. The third kappa shape index (κ3) is 3.01. The van der Waals surface area contributed by atoms with Gasteiger partial charge in [-0.2, -0.15) is 0 Å². The maximum Gasteiger partial charge on any atom is 0.315 e. The number of hydrogen-bond acceptors (Lipinski definition) is 4. The molecule has 0 bridgehead atoms. The summed E-state index contributed by atoms with van der Waals surface area (Å²) in [4.78, 5) is 27.0. The molecular weight excluding hydrogens is 436 g/mol. The molecule has 4 nitrogen and oxygen atoms in total. The van der Waals surface area contributed by atoms with Gasteiger partial charge in [-0.1, -0.05) is 47.6 Å². The van der Waals surface area contributed by atoms with Gasteiger partial charge in [0.15, 0.2) is 5.78 Å². The van der Waals surface area contributed by atoms with Crippen molar-refractivity contribution in [2.24, 2.45) is 44.3 Å². The van der Waals surface area contributed by atoms with E-state index in [0.717, 1.165) is 51.4 Å². The van der Waals surface area contributed by atoms with Crippen LogP contribution in [-0.4, -0.2) is 30.1 Å². The number of rotatable bonds is 1. The highest BCUT2D eigenvalue weighted by atomic mass is 16.5. The van der Waals surface area contributed by atoms with E-state index in [1.807, 2.05) is 13.0 Å². The molecule has 4 heteroatoms. The van der Waals surface area contributed by atoms with E-state index < -0.39 is 5.41 Å². The van der Waals surface area contributed by atoms with Gasteiger partial charge in [0.1, 0.15) is 0 Å². The van der Waals surface area contributed by atoms with Crippen LogP contribution in [0.25, 0.3) is 0 Å². The van der Waals surface area contributed by atoms with Crippen molar-refractivity contribution >= 4 is 11.8 Å². The molecule has 0 unspecified atom stereocenters. The number of allylic oxidation sites excluding steroid dienone is 3. The summed E-state index contributed by atoms with van der Waals surface area (Å²) >= 11 is 0. The number of ketones is 1. The summed E-state index contributed by atoms with van der Waals surface area (Å²) in [6.45, 7) is 15.9. The number of aliphatic hydroxyl groups excluding tert-OH is 1. The smallest absolute Gasteiger partial charge is 0.315 e. The van der Waals surface area contributed by atoms with E-state index in [9.17, 15) is 14.7 Å². The zero-order valence-electron chi connectivity index (χ0n) is 23.2. The van der Waals surface area contributed by atoms with Crippen LogP contribution in [0.1, 0.15) is 99.8 Å². The first kappa shape index (κ1) is 25.2.